The molecule has 13 nitrogen and oxygen atoms in total. The zero-order chi connectivity index (χ0) is 31.8. The van der Waals surface area contributed by atoms with Gasteiger partial charge in [-0.25, -0.2) is 9.52 Å². The molecule has 0 amide bonds. The Hall–Kier alpha value is -1.49. The first-order chi connectivity index (χ1) is 21.4. The summed E-state index contributed by atoms with van der Waals surface area (Å²) >= 11 is 1.32. The Balaban J connectivity index is 1.47. The number of quaternary nitrogens is 1. The van der Waals surface area contributed by atoms with E-state index in [4.69, 9.17) is 42.6 Å². The number of likely N-dealkylation sites (N-methyl/N-ethyl adjacent to an activating group) is 1. The number of nitrogens with one attached hydrogen (secondary N) is 1. The number of carbonyl (C=O) groups is 1. The lowest BCUT2D eigenvalue weighted by Crippen LogP contribution is -2.56. The van der Waals surface area contributed by atoms with E-state index in [-0.39, 0.29) is 19.9 Å². The summed E-state index contributed by atoms with van der Waals surface area (Å²) in [6.45, 7) is 12.1. The number of carbonyl (C=O) groups excluding carboxylic acids is 1. The lowest BCUT2D eigenvalue weighted by atomic mass is 9.88. The van der Waals surface area contributed by atoms with E-state index in [1.807, 2.05) is 0 Å². The minimum atomic E-state index is -0.696. The third-order valence-corrected chi connectivity index (χ3v) is 7.91. The SMILES string of the molecule is CCCCCCOC1=NSNC1(C)C1=CCC[N+](C)(COC(=O)OCCOCCOCCOCCOCCOCCOC)C1. The van der Waals surface area contributed by atoms with Crippen LogP contribution in [0, 0.1) is 0 Å². The lowest BCUT2D eigenvalue weighted by molar-refractivity contribution is -0.923. The van der Waals surface area contributed by atoms with Crippen LogP contribution in [0.1, 0.15) is 46.0 Å². The van der Waals surface area contributed by atoms with Crippen LogP contribution in [0.4, 0.5) is 4.79 Å². The fraction of sp³-hybridized carbons (Fsp3) is 0.867. The largest absolute Gasteiger partial charge is 0.512 e. The molecule has 0 bridgehead atoms. The van der Waals surface area contributed by atoms with Crippen LogP contribution in [0.5, 0.6) is 0 Å². The molecule has 44 heavy (non-hydrogen) atoms. The molecule has 0 saturated heterocycles. The van der Waals surface area contributed by atoms with Crippen LogP contribution < -0.4 is 4.72 Å². The van der Waals surface area contributed by atoms with Crippen molar-refractivity contribution in [3.05, 3.63) is 11.6 Å². The molecule has 14 heteroatoms. The van der Waals surface area contributed by atoms with Gasteiger partial charge in [0.2, 0.25) is 12.6 Å². The number of hydrogen-bond acceptors (Lipinski definition) is 13. The van der Waals surface area contributed by atoms with Crippen molar-refractivity contribution in [1.29, 1.82) is 0 Å². The van der Waals surface area contributed by atoms with Crippen molar-refractivity contribution in [2.45, 2.75) is 51.5 Å². The van der Waals surface area contributed by atoms with Gasteiger partial charge in [0.15, 0.2) is 0 Å². The summed E-state index contributed by atoms with van der Waals surface area (Å²) in [5.41, 5.74) is 0.714. The molecule has 0 spiro atoms. The van der Waals surface area contributed by atoms with Crippen molar-refractivity contribution in [2.75, 3.05) is 120 Å². The van der Waals surface area contributed by atoms with Gasteiger partial charge in [-0.3, -0.25) is 4.48 Å². The summed E-state index contributed by atoms with van der Waals surface area (Å²) in [4.78, 5) is 12.2. The van der Waals surface area contributed by atoms with Crippen LogP contribution >= 0.6 is 12.1 Å². The van der Waals surface area contributed by atoms with E-state index in [1.165, 1.54) is 30.5 Å². The summed E-state index contributed by atoms with van der Waals surface area (Å²) in [6.07, 6.45) is 7.03. The van der Waals surface area contributed by atoms with Crippen LogP contribution in [-0.4, -0.2) is 142 Å². The second kappa shape index (κ2) is 23.8. The fourth-order valence-corrected chi connectivity index (χ4v) is 5.26. The quantitative estimate of drug-likeness (QED) is 0.0484. The van der Waals surface area contributed by atoms with Crippen molar-refractivity contribution in [3.8, 4) is 0 Å². The number of unbranched alkanes of at least 4 members (excludes halogenated alkanes) is 3. The molecular weight excluding hydrogens is 594 g/mol. The highest BCUT2D eigenvalue weighted by molar-refractivity contribution is 7.96. The molecule has 2 unspecified atom stereocenters. The molecule has 0 aromatic rings. The lowest BCUT2D eigenvalue weighted by Gasteiger charge is -2.40. The Kier molecular flexibility index (Phi) is 20.9. The summed E-state index contributed by atoms with van der Waals surface area (Å²) < 4.78 is 57.2. The topological polar surface area (TPSA) is 125 Å². The fourth-order valence-electron chi connectivity index (χ4n) is 4.50. The molecule has 0 aliphatic carbocycles. The van der Waals surface area contributed by atoms with Crippen molar-refractivity contribution in [1.82, 2.24) is 4.72 Å². The van der Waals surface area contributed by atoms with Crippen LogP contribution in [0.2, 0.25) is 0 Å². The standard InChI is InChI=1S/C30H56N3O10S/c1-5-6-7-8-12-41-28-30(2,32-44-31-28)27-10-9-11-33(3,25-27)26-43-29(34)42-24-23-40-22-21-39-20-19-38-18-17-37-16-15-36-14-13-35-4/h10,32H,5-9,11-26H2,1-4H3/q+1. The average molecular weight is 651 g/mol. The molecule has 0 aromatic heterocycles. The zero-order valence-electron chi connectivity index (χ0n) is 27.3. The number of hydrogen-bond donors (Lipinski definition) is 1. The number of rotatable bonds is 26. The van der Waals surface area contributed by atoms with Crippen molar-refractivity contribution >= 4 is 24.2 Å². The Bertz CT molecular complexity index is 837. The maximum Gasteiger partial charge on any atom is 0.512 e. The van der Waals surface area contributed by atoms with E-state index >= 15 is 0 Å². The Morgan fingerprint density at radius 2 is 1.45 bits per heavy atom. The van der Waals surface area contributed by atoms with E-state index < -0.39 is 11.7 Å². The molecule has 1 N–H and O–H groups in total. The number of ether oxygens (including phenoxy) is 9. The van der Waals surface area contributed by atoms with E-state index in [0.29, 0.717) is 83.7 Å². The predicted molar refractivity (Wildman–Crippen MR) is 169 cm³/mol. The van der Waals surface area contributed by atoms with Gasteiger partial charge < -0.3 is 42.6 Å². The van der Waals surface area contributed by atoms with Gasteiger partial charge in [0.05, 0.1) is 105 Å². The van der Waals surface area contributed by atoms with Gasteiger partial charge in [-0.1, -0.05) is 32.3 Å². The highest BCUT2D eigenvalue weighted by atomic mass is 32.2. The van der Waals surface area contributed by atoms with Crippen molar-refractivity contribution in [3.63, 3.8) is 0 Å². The monoisotopic (exact) mass is 650 g/mol. The van der Waals surface area contributed by atoms with Crippen LogP contribution in [-0.2, 0) is 42.6 Å². The summed E-state index contributed by atoms with van der Waals surface area (Å²) in [6, 6.07) is 0. The van der Waals surface area contributed by atoms with Gasteiger partial charge >= 0.3 is 6.16 Å². The first-order valence-corrected chi connectivity index (χ1v) is 16.6. The van der Waals surface area contributed by atoms with Crippen molar-refractivity contribution in [2.24, 2.45) is 4.40 Å². The van der Waals surface area contributed by atoms with E-state index in [9.17, 15) is 4.79 Å². The van der Waals surface area contributed by atoms with Gasteiger partial charge in [-0.05, 0) is 13.3 Å². The Labute approximate surface area is 268 Å². The van der Waals surface area contributed by atoms with E-state index in [0.717, 1.165) is 31.7 Å². The second-order valence-corrected chi connectivity index (χ2v) is 11.6. The molecule has 0 fully saturated rings. The summed E-state index contributed by atoms with van der Waals surface area (Å²) in [5.74, 6) is 0.718. The molecule has 256 valence electrons. The zero-order valence-corrected chi connectivity index (χ0v) is 28.1. The number of methoxy groups -OCH3 is 1. The van der Waals surface area contributed by atoms with Crippen LogP contribution in [0.15, 0.2) is 16.0 Å². The highest BCUT2D eigenvalue weighted by Gasteiger charge is 2.45. The molecule has 2 heterocycles. The number of nitrogens with zero attached hydrogens (tertiary/aromatic N) is 2. The molecule has 0 aromatic carbocycles. The van der Waals surface area contributed by atoms with Gasteiger partial charge in [0.25, 0.3) is 0 Å². The Morgan fingerprint density at radius 3 is 2.05 bits per heavy atom. The molecule has 0 saturated carbocycles. The summed E-state index contributed by atoms with van der Waals surface area (Å²) in [7, 11) is 3.72. The van der Waals surface area contributed by atoms with Gasteiger partial charge in [0, 0.05) is 19.1 Å². The minimum absolute atomic E-state index is 0.114. The molecule has 2 aliphatic heterocycles. The Morgan fingerprint density at radius 1 is 0.864 bits per heavy atom. The van der Waals surface area contributed by atoms with Gasteiger partial charge in [-0.15, -0.1) is 0 Å². The molecular formula is C30H56N3O10S+. The first kappa shape index (κ1) is 38.7. The smallest absolute Gasteiger partial charge is 0.479 e. The van der Waals surface area contributed by atoms with Gasteiger partial charge in [-0.2, -0.15) is 4.40 Å². The summed E-state index contributed by atoms with van der Waals surface area (Å²) in [5, 5.41) is 0. The second-order valence-electron chi connectivity index (χ2n) is 11.1. The third kappa shape index (κ3) is 16.2. The van der Waals surface area contributed by atoms with Gasteiger partial charge in [0.1, 0.15) is 18.7 Å². The first-order valence-electron chi connectivity index (χ1n) is 15.8. The van der Waals surface area contributed by atoms with E-state index in [1.54, 1.807) is 7.11 Å². The van der Waals surface area contributed by atoms with Crippen molar-refractivity contribution < 1.29 is 51.9 Å². The molecule has 2 atom stereocenters. The maximum absolute atomic E-state index is 12.2. The third-order valence-electron chi connectivity index (χ3n) is 7.16. The molecule has 0 radical (unpaired) electrons. The van der Waals surface area contributed by atoms with Crippen LogP contribution in [0.3, 0.4) is 0 Å². The maximum atomic E-state index is 12.2. The average Bonchev–Trinajstić information content (AvgIpc) is 3.40. The normalized spacial score (nSPS) is 21.6. The molecule has 2 rings (SSSR count). The van der Waals surface area contributed by atoms with Crippen LogP contribution in [0.25, 0.3) is 0 Å². The minimum Gasteiger partial charge on any atom is -0.479 e. The molecule has 2 aliphatic rings. The van der Waals surface area contributed by atoms with E-state index in [2.05, 4.69) is 36.1 Å². The predicted octanol–water partition coefficient (Wildman–Crippen LogP) is 3.52. The highest BCUT2D eigenvalue weighted by Crippen LogP contribution is 2.33.